The van der Waals surface area contributed by atoms with Crippen LogP contribution >= 0.6 is 0 Å². The first-order valence-electron chi connectivity index (χ1n) is 6.46. The van der Waals surface area contributed by atoms with Crippen molar-refractivity contribution in [3.8, 4) is 0 Å². The lowest BCUT2D eigenvalue weighted by Crippen LogP contribution is -2.43. The van der Waals surface area contributed by atoms with Crippen LogP contribution in [0, 0.1) is 0 Å². The number of carbonyl (C=O) groups is 2. The first-order chi connectivity index (χ1) is 8.59. The summed E-state index contributed by atoms with van der Waals surface area (Å²) >= 11 is 0. The minimum atomic E-state index is -0.792. The van der Waals surface area contributed by atoms with Gasteiger partial charge in [-0.25, -0.2) is 4.79 Å². The van der Waals surface area contributed by atoms with Crippen molar-refractivity contribution >= 4 is 12.0 Å². The molecule has 1 aliphatic rings. The van der Waals surface area contributed by atoms with Crippen LogP contribution in [0.1, 0.15) is 32.6 Å². The molecular formula is C12H22N2O4. The minimum absolute atomic E-state index is 0.0743. The summed E-state index contributed by atoms with van der Waals surface area (Å²) in [6, 6.07) is -0.0809. The average Bonchev–Trinajstić information content (AvgIpc) is 2.53. The molecule has 1 unspecified atom stereocenters. The van der Waals surface area contributed by atoms with Gasteiger partial charge in [0.1, 0.15) is 0 Å². The molecule has 1 atom stereocenters. The first-order valence-corrected chi connectivity index (χ1v) is 6.46. The van der Waals surface area contributed by atoms with Gasteiger partial charge >= 0.3 is 12.0 Å². The number of carbonyl (C=O) groups excluding carboxylic acids is 1. The number of rotatable bonds is 5. The lowest BCUT2D eigenvalue weighted by atomic mass is 10.2. The van der Waals surface area contributed by atoms with Gasteiger partial charge in [0.05, 0.1) is 6.10 Å². The fraction of sp³-hybridized carbons (Fsp3) is 0.833. The van der Waals surface area contributed by atoms with Crippen molar-refractivity contribution in [3.05, 3.63) is 0 Å². The van der Waals surface area contributed by atoms with Crippen LogP contribution in [0.15, 0.2) is 0 Å². The molecule has 0 aromatic heterocycles. The Morgan fingerprint density at radius 2 is 2.22 bits per heavy atom. The molecule has 0 aliphatic carbocycles. The number of ether oxygens (including phenoxy) is 1. The van der Waals surface area contributed by atoms with Crippen LogP contribution in [-0.4, -0.2) is 54.4 Å². The number of amides is 2. The van der Waals surface area contributed by atoms with E-state index in [1.807, 2.05) is 6.92 Å². The summed E-state index contributed by atoms with van der Waals surface area (Å²) in [5.41, 5.74) is 0. The van der Waals surface area contributed by atoms with Crippen molar-refractivity contribution in [3.63, 3.8) is 0 Å². The summed E-state index contributed by atoms with van der Waals surface area (Å²) in [7, 11) is 0. The van der Waals surface area contributed by atoms with Gasteiger partial charge in [-0.1, -0.05) is 0 Å². The third-order valence-electron chi connectivity index (χ3n) is 2.83. The number of unbranched alkanes of at least 4 members (excludes halogenated alkanes) is 1. The van der Waals surface area contributed by atoms with Crippen molar-refractivity contribution in [1.82, 2.24) is 10.2 Å². The van der Waals surface area contributed by atoms with Crippen LogP contribution in [-0.2, 0) is 9.53 Å². The molecule has 1 saturated heterocycles. The molecule has 0 aromatic rings. The van der Waals surface area contributed by atoms with E-state index in [0.717, 1.165) is 6.42 Å². The van der Waals surface area contributed by atoms with Crippen molar-refractivity contribution in [2.45, 2.75) is 38.7 Å². The summed E-state index contributed by atoms with van der Waals surface area (Å²) < 4.78 is 5.47. The van der Waals surface area contributed by atoms with E-state index >= 15 is 0 Å². The lowest BCUT2D eigenvalue weighted by Gasteiger charge is -2.22. The zero-order valence-corrected chi connectivity index (χ0v) is 10.9. The topological polar surface area (TPSA) is 78.9 Å². The molecule has 1 heterocycles. The largest absolute Gasteiger partial charge is 0.481 e. The maximum absolute atomic E-state index is 11.8. The molecule has 1 fully saturated rings. The van der Waals surface area contributed by atoms with Crippen LogP contribution in [0.3, 0.4) is 0 Å². The number of aliphatic carboxylic acids is 1. The Kier molecular flexibility index (Phi) is 6.49. The number of carboxylic acid groups (broad SMARTS) is 1. The Labute approximate surface area is 107 Å². The Bertz CT molecular complexity index is 283. The zero-order chi connectivity index (χ0) is 13.4. The molecule has 0 saturated carbocycles. The van der Waals surface area contributed by atoms with Gasteiger partial charge < -0.3 is 20.1 Å². The summed E-state index contributed by atoms with van der Waals surface area (Å²) in [6.07, 6.45) is 2.37. The van der Waals surface area contributed by atoms with E-state index in [-0.39, 0.29) is 18.6 Å². The van der Waals surface area contributed by atoms with Crippen LogP contribution in [0.4, 0.5) is 4.79 Å². The predicted octanol–water partition coefficient (Wildman–Crippen LogP) is 1.06. The molecule has 18 heavy (non-hydrogen) atoms. The average molecular weight is 258 g/mol. The minimum Gasteiger partial charge on any atom is -0.481 e. The molecule has 6 nitrogen and oxygen atoms in total. The molecule has 0 bridgehead atoms. The quantitative estimate of drug-likeness (QED) is 0.723. The number of nitrogens with one attached hydrogen (secondary N) is 1. The Morgan fingerprint density at radius 1 is 1.44 bits per heavy atom. The summed E-state index contributed by atoms with van der Waals surface area (Å²) in [5.74, 6) is -0.792. The van der Waals surface area contributed by atoms with Gasteiger partial charge in [-0.2, -0.15) is 0 Å². The Morgan fingerprint density at radius 3 is 2.94 bits per heavy atom. The molecule has 1 rings (SSSR count). The number of nitrogens with zero attached hydrogens (tertiary/aromatic N) is 1. The second-order valence-corrected chi connectivity index (χ2v) is 4.56. The molecule has 1 aliphatic heterocycles. The van der Waals surface area contributed by atoms with E-state index in [9.17, 15) is 9.59 Å². The van der Waals surface area contributed by atoms with Crippen molar-refractivity contribution in [2.75, 3.05) is 26.2 Å². The molecule has 0 spiro atoms. The lowest BCUT2D eigenvalue weighted by molar-refractivity contribution is -0.137. The number of hydrogen-bond donors (Lipinski definition) is 2. The third-order valence-corrected chi connectivity index (χ3v) is 2.83. The predicted molar refractivity (Wildman–Crippen MR) is 66.5 cm³/mol. The van der Waals surface area contributed by atoms with E-state index in [4.69, 9.17) is 9.84 Å². The van der Waals surface area contributed by atoms with Crippen LogP contribution in [0.5, 0.6) is 0 Å². The zero-order valence-electron chi connectivity index (χ0n) is 10.9. The second kappa shape index (κ2) is 7.92. The smallest absolute Gasteiger partial charge is 0.317 e. The highest BCUT2D eigenvalue weighted by Gasteiger charge is 2.19. The Balaban J connectivity index is 2.17. The SMILES string of the molecule is CC1CN(C(=O)NCCCCC(=O)O)CCCO1. The summed E-state index contributed by atoms with van der Waals surface area (Å²) in [6.45, 7) is 4.51. The molecular weight excluding hydrogens is 236 g/mol. The standard InChI is InChI=1S/C12H22N2O4/c1-10-9-14(7-4-8-18-10)12(17)13-6-3-2-5-11(15)16/h10H,2-9H2,1H3,(H,13,17)(H,15,16). The van der Waals surface area contributed by atoms with Gasteiger partial charge in [-0.15, -0.1) is 0 Å². The fourth-order valence-electron chi connectivity index (χ4n) is 1.89. The van der Waals surface area contributed by atoms with Crippen molar-refractivity contribution in [2.24, 2.45) is 0 Å². The molecule has 2 N–H and O–H groups in total. The molecule has 6 heteroatoms. The highest BCUT2D eigenvalue weighted by Crippen LogP contribution is 2.05. The van der Waals surface area contributed by atoms with E-state index in [0.29, 0.717) is 39.1 Å². The van der Waals surface area contributed by atoms with E-state index in [1.165, 1.54) is 0 Å². The van der Waals surface area contributed by atoms with Crippen LogP contribution in [0.2, 0.25) is 0 Å². The fourth-order valence-corrected chi connectivity index (χ4v) is 1.89. The van der Waals surface area contributed by atoms with Gasteiger partial charge in [-0.3, -0.25) is 4.79 Å². The van der Waals surface area contributed by atoms with E-state index < -0.39 is 5.97 Å². The summed E-state index contributed by atoms with van der Waals surface area (Å²) in [5, 5.41) is 11.3. The maximum atomic E-state index is 11.8. The van der Waals surface area contributed by atoms with Gasteiger partial charge in [-0.05, 0) is 26.2 Å². The highest BCUT2D eigenvalue weighted by molar-refractivity contribution is 5.74. The van der Waals surface area contributed by atoms with Crippen molar-refractivity contribution in [1.29, 1.82) is 0 Å². The van der Waals surface area contributed by atoms with Gasteiger partial charge in [0.2, 0.25) is 0 Å². The number of urea groups is 1. The molecule has 104 valence electrons. The molecule has 0 radical (unpaired) electrons. The van der Waals surface area contributed by atoms with Crippen molar-refractivity contribution < 1.29 is 19.4 Å². The summed E-state index contributed by atoms with van der Waals surface area (Å²) in [4.78, 5) is 23.9. The number of hydrogen-bond acceptors (Lipinski definition) is 3. The van der Waals surface area contributed by atoms with Gasteiger partial charge in [0, 0.05) is 32.7 Å². The first kappa shape index (κ1) is 14.8. The molecule has 2 amide bonds. The monoisotopic (exact) mass is 258 g/mol. The highest BCUT2D eigenvalue weighted by atomic mass is 16.5. The van der Waals surface area contributed by atoms with E-state index in [1.54, 1.807) is 4.90 Å². The van der Waals surface area contributed by atoms with Gasteiger partial charge in [0.25, 0.3) is 0 Å². The Hall–Kier alpha value is -1.30. The third kappa shape index (κ3) is 5.86. The second-order valence-electron chi connectivity index (χ2n) is 4.56. The van der Waals surface area contributed by atoms with Gasteiger partial charge in [0.15, 0.2) is 0 Å². The number of carboxylic acids is 1. The van der Waals surface area contributed by atoms with E-state index in [2.05, 4.69) is 5.32 Å². The molecule has 0 aromatic carbocycles. The van der Waals surface area contributed by atoms with Crippen LogP contribution in [0.25, 0.3) is 0 Å². The maximum Gasteiger partial charge on any atom is 0.317 e. The normalized spacial score (nSPS) is 20.3. The van der Waals surface area contributed by atoms with Crippen LogP contribution < -0.4 is 5.32 Å².